The summed E-state index contributed by atoms with van der Waals surface area (Å²) in [5, 5.41) is 5.06. The number of benzene rings is 1. The van der Waals surface area contributed by atoms with Crippen LogP contribution in [0, 0.1) is 0 Å². The zero-order valence-electron chi connectivity index (χ0n) is 21.1. The van der Waals surface area contributed by atoms with E-state index in [9.17, 15) is 9.00 Å². The standard InChI is InChI=1S/C26H37ClN6O2S/c1-36(2,35)29-24-9-16-33(28-24)25(34)31-17-11-26(12-18-31)10-6-15-32(26)20-21-7-8-22(27)19-23(21)30-13-4-3-5-14-30/h7-9,16,19H,1,3-6,10-15,17-18,20H2,2H3,(H,28,29,35). The Bertz CT molecular complexity index is 1200. The van der Waals surface area contributed by atoms with E-state index in [-0.39, 0.29) is 11.6 Å². The van der Waals surface area contributed by atoms with E-state index in [1.54, 1.807) is 12.3 Å². The number of amides is 1. The van der Waals surface area contributed by atoms with Gasteiger partial charge in [0.2, 0.25) is 0 Å². The first-order chi connectivity index (χ1) is 17.2. The molecule has 5 rings (SSSR count). The maximum atomic E-state index is 13.1. The van der Waals surface area contributed by atoms with Crippen molar-refractivity contribution < 1.29 is 9.00 Å². The molecule has 1 N–H and O–H groups in total. The molecule has 4 heterocycles. The Balaban J connectivity index is 1.25. The molecule has 0 saturated carbocycles. The van der Waals surface area contributed by atoms with E-state index >= 15 is 0 Å². The van der Waals surface area contributed by atoms with Crippen molar-refractivity contribution >= 4 is 44.7 Å². The van der Waals surface area contributed by atoms with Gasteiger partial charge in [0.05, 0.1) is 0 Å². The zero-order valence-corrected chi connectivity index (χ0v) is 22.7. The normalized spacial score (nSPS) is 22.1. The molecule has 0 aliphatic carbocycles. The summed E-state index contributed by atoms with van der Waals surface area (Å²) >= 11 is 6.42. The van der Waals surface area contributed by atoms with E-state index in [4.69, 9.17) is 11.6 Å². The first-order valence-corrected chi connectivity index (χ1v) is 15.5. The summed E-state index contributed by atoms with van der Waals surface area (Å²) in [6, 6.07) is 7.89. The third kappa shape index (κ3) is 5.53. The average molecular weight is 533 g/mol. The average Bonchev–Trinajstić information content (AvgIpc) is 3.47. The fourth-order valence-electron chi connectivity index (χ4n) is 6.08. The highest BCUT2D eigenvalue weighted by Crippen LogP contribution is 2.41. The lowest BCUT2D eigenvalue weighted by Gasteiger charge is -2.45. The SMILES string of the molecule is C=S(C)(=O)Nc1ccn(C(=O)N2CCC3(CCCN3Cc3ccc(Cl)cc3N3CCCCC3)CC2)n1. The molecule has 10 heteroatoms. The number of carbonyl (C=O) groups is 1. The molecule has 1 atom stereocenters. The monoisotopic (exact) mass is 532 g/mol. The van der Waals surface area contributed by atoms with Gasteiger partial charge in [-0.1, -0.05) is 17.7 Å². The van der Waals surface area contributed by atoms with Crippen molar-refractivity contribution in [3.63, 3.8) is 0 Å². The van der Waals surface area contributed by atoms with Gasteiger partial charge >= 0.3 is 6.03 Å². The Labute approximate surface area is 219 Å². The molecule has 196 valence electrons. The van der Waals surface area contributed by atoms with Gasteiger partial charge in [0, 0.05) is 77.2 Å². The quantitative estimate of drug-likeness (QED) is 0.581. The van der Waals surface area contributed by atoms with Crippen molar-refractivity contribution in [2.45, 2.75) is 57.0 Å². The van der Waals surface area contributed by atoms with Gasteiger partial charge in [-0.3, -0.25) is 9.62 Å². The van der Waals surface area contributed by atoms with Crippen LogP contribution < -0.4 is 9.62 Å². The van der Waals surface area contributed by atoms with Crippen LogP contribution in [-0.4, -0.2) is 80.2 Å². The largest absolute Gasteiger partial charge is 0.371 e. The van der Waals surface area contributed by atoms with Crippen molar-refractivity contribution in [2.75, 3.05) is 48.6 Å². The highest BCUT2D eigenvalue weighted by molar-refractivity contribution is 8.00. The lowest BCUT2D eigenvalue weighted by molar-refractivity contribution is 0.0585. The van der Waals surface area contributed by atoms with Gasteiger partial charge in [0.1, 0.15) is 0 Å². The molecule has 1 aromatic heterocycles. The van der Waals surface area contributed by atoms with E-state index in [2.05, 4.69) is 37.6 Å². The van der Waals surface area contributed by atoms with Gasteiger partial charge < -0.3 is 9.80 Å². The molecular weight excluding hydrogens is 496 g/mol. The number of carbonyl (C=O) groups excluding carboxylic acids is 1. The van der Waals surface area contributed by atoms with Crippen LogP contribution in [0.3, 0.4) is 0 Å². The molecule has 0 radical (unpaired) electrons. The van der Waals surface area contributed by atoms with Crippen LogP contribution >= 0.6 is 11.6 Å². The lowest BCUT2D eigenvalue weighted by Crippen LogP contribution is -2.53. The van der Waals surface area contributed by atoms with Crippen molar-refractivity contribution in [1.29, 1.82) is 0 Å². The minimum atomic E-state index is -2.44. The van der Waals surface area contributed by atoms with E-state index < -0.39 is 9.71 Å². The topological polar surface area (TPSA) is 73.7 Å². The lowest BCUT2D eigenvalue weighted by atomic mass is 9.84. The predicted molar refractivity (Wildman–Crippen MR) is 149 cm³/mol. The first kappa shape index (κ1) is 25.4. The fourth-order valence-corrected chi connectivity index (χ4v) is 6.80. The summed E-state index contributed by atoms with van der Waals surface area (Å²) < 4.78 is 16.0. The molecule has 3 fully saturated rings. The van der Waals surface area contributed by atoms with Crippen molar-refractivity contribution in [3.8, 4) is 0 Å². The van der Waals surface area contributed by atoms with Gasteiger partial charge in [0.25, 0.3) is 0 Å². The second-order valence-electron chi connectivity index (χ2n) is 10.6. The van der Waals surface area contributed by atoms with Crippen molar-refractivity contribution in [1.82, 2.24) is 19.6 Å². The Morgan fingerprint density at radius 2 is 1.83 bits per heavy atom. The van der Waals surface area contributed by atoms with Crippen molar-refractivity contribution in [2.24, 2.45) is 0 Å². The number of nitrogens with zero attached hydrogens (tertiary/aromatic N) is 5. The number of halogens is 1. The number of likely N-dealkylation sites (tertiary alicyclic amines) is 2. The number of piperidine rings is 2. The highest BCUT2D eigenvalue weighted by atomic mass is 35.5. The molecule has 8 nitrogen and oxygen atoms in total. The zero-order chi connectivity index (χ0) is 25.3. The molecular formula is C26H37ClN6O2S. The van der Waals surface area contributed by atoms with E-state index in [1.165, 1.54) is 54.3 Å². The molecule has 36 heavy (non-hydrogen) atoms. The summed E-state index contributed by atoms with van der Waals surface area (Å²) in [6.07, 6.45) is 11.2. The molecule has 0 bridgehead atoms. The minimum Gasteiger partial charge on any atom is -0.371 e. The molecule has 1 unspecified atom stereocenters. The third-order valence-corrected chi connectivity index (χ3v) is 8.79. The van der Waals surface area contributed by atoms with Crippen LogP contribution in [0.25, 0.3) is 0 Å². The number of anilines is 2. The Kier molecular flexibility index (Phi) is 7.25. The molecule has 2 aromatic rings. The second-order valence-corrected chi connectivity index (χ2v) is 13.2. The number of nitrogens with one attached hydrogen (secondary N) is 1. The van der Waals surface area contributed by atoms with Gasteiger partial charge in [0.15, 0.2) is 5.82 Å². The summed E-state index contributed by atoms with van der Waals surface area (Å²) in [5.74, 6) is 3.98. The molecule has 1 aromatic carbocycles. The molecule has 3 aliphatic rings. The van der Waals surface area contributed by atoms with E-state index in [1.807, 2.05) is 11.0 Å². The Hall–Kier alpha value is -2.23. The highest BCUT2D eigenvalue weighted by Gasteiger charge is 2.44. The Morgan fingerprint density at radius 1 is 1.08 bits per heavy atom. The summed E-state index contributed by atoms with van der Waals surface area (Å²) in [7, 11) is -2.44. The summed E-state index contributed by atoms with van der Waals surface area (Å²) in [4.78, 5) is 20.1. The summed E-state index contributed by atoms with van der Waals surface area (Å²) in [6.45, 7) is 5.63. The predicted octanol–water partition coefficient (Wildman–Crippen LogP) is 4.30. The molecule has 3 saturated heterocycles. The van der Waals surface area contributed by atoms with Crippen LogP contribution in [0.4, 0.5) is 16.3 Å². The molecule has 3 aliphatic heterocycles. The number of hydrogen-bond acceptors (Lipinski definition) is 5. The molecule has 1 amide bonds. The fraction of sp³-hybridized carbons (Fsp3) is 0.577. The minimum absolute atomic E-state index is 0.133. The second kappa shape index (κ2) is 10.3. The van der Waals surface area contributed by atoms with Crippen LogP contribution in [0.2, 0.25) is 5.02 Å². The number of rotatable bonds is 5. The van der Waals surface area contributed by atoms with Gasteiger partial charge in [-0.2, -0.15) is 4.68 Å². The first-order valence-electron chi connectivity index (χ1n) is 13.0. The maximum Gasteiger partial charge on any atom is 0.344 e. The van der Waals surface area contributed by atoms with Crippen LogP contribution in [-0.2, 0) is 16.3 Å². The maximum absolute atomic E-state index is 13.1. The van der Waals surface area contributed by atoms with E-state index in [0.717, 1.165) is 44.0 Å². The smallest absolute Gasteiger partial charge is 0.344 e. The summed E-state index contributed by atoms with van der Waals surface area (Å²) in [5.41, 5.74) is 2.78. The van der Waals surface area contributed by atoms with Gasteiger partial charge in [-0.05, 0) is 75.1 Å². The number of aromatic nitrogens is 2. The van der Waals surface area contributed by atoms with Crippen LogP contribution in [0.1, 0.15) is 50.5 Å². The number of hydrogen-bond donors (Lipinski definition) is 1. The van der Waals surface area contributed by atoms with E-state index in [0.29, 0.717) is 18.9 Å². The van der Waals surface area contributed by atoms with Gasteiger partial charge in [-0.25, -0.2) is 9.00 Å². The van der Waals surface area contributed by atoms with Crippen LogP contribution in [0.5, 0.6) is 0 Å². The van der Waals surface area contributed by atoms with Gasteiger partial charge in [-0.15, -0.1) is 5.10 Å². The molecule has 1 spiro atoms. The third-order valence-electron chi connectivity index (χ3n) is 7.92. The van der Waals surface area contributed by atoms with Crippen LogP contribution in [0.15, 0.2) is 30.5 Å². The Morgan fingerprint density at radius 3 is 2.56 bits per heavy atom. The van der Waals surface area contributed by atoms with Crippen molar-refractivity contribution in [3.05, 3.63) is 41.0 Å².